The average Bonchev–Trinajstić information content (AvgIpc) is 1.83. The molecule has 0 amide bonds. The number of nitrogens with two attached hydrogens (primary N) is 1. The van der Waals surface area contributed by atoms with E-state index in [9.17, 15) is 8.78 Å². The summed E-state index contributed by atoms with van der Waals surface area (Å²) in [7, 11) is 0. The van der Waals surface area contributed by atoms with Crippen LogP contribution in [0.15, 0.2) is 0 Å². The van der Waals surface area contributed by atoms with Gasteiger partial charge in [0, 0.05) is 0 Å². The summed E-state index contributed by atoms with van der Waals surface area (Å²) in [5.74, 6) is 0. The Bertz CT molecular complexity index is 87.1. The summed E-state index contributed by atoms with van der Waals surface area (Å²) in [4.78, 5) is 0. The summed E-state index contributed by atoms with van der Waals surface area (Å²) in [6.07, 6.45) is -0.735. The summed E-state index contributed by atoms with van der Waals surface area (Å²) in [6.45, 7) is 0. The normalized spacial score (nSPS) is 45.0. The molecule has 0 aromatic rings. The van der Waals surface area contributed by atoms with Gasteiger partial charge in [-0.15, -0.1) is 0 Å². The molecule has 9 heavy (non-hydrogen) atoms. The second kappa shape index (κ2) is 2.60. The quantitative estimate of drug-likeness (QED) is 0.530. The molecule has 0 aliphatic heterocycles. The van der Waals surface area contributed by atoms with Gasteiger partial charge in [0.2, 0.25) is 0 Å². The van der Waals surface area contributed by atoms with E-state index in [0.29, 0.717) is 19.3 Å². The number of hydrogen-bond acceptors (Lipinski definition) is 1. The zero-order chi connectivity index (χ0) is 6.85. The number of rotatable bonds is 0. The largest absolute Gasteiger partial charge is 0.323 e. The predicted octanol–water partition coefficient (Wildman–Crippen LogP) is 1.17. The van der Waals surface area contributed by atoms with Gasteiger partial charge in [0.05, 0.1) is 6.04 Å². The maximum Gasteiger partial charge on any atom is 0.118 e. The Kier molecular flexibility index (Phi) is 2.01. The van der Waals surface area contributed by atoms with Gasteiger partial charge in [0.25, 0.3) is 0 Å². The third kappa shape index (κ3) is 1.39. The summed E-state index contributed by atoms with van der Waals surface area (Å²) in [5.41, 5.74) is 5.17. The van der Waals surface area contributed by atoms with Crippen LogP contribution in [0.4, 0.5) is 8.78 Å². The van der Waals surface area contributed by atoms with Crippen LogP contribution in [-0.2, 0) is 0 Å². The fourth-order valence-electron chi connectivity index (χ4n) is 1.12. The van der Waals surface area contributed by atoms with Crippen LogP contribution in [0, 0.1) is 0 Å². The maximum atomic E-state index is 12.5. The molecule has 0 spiro atoms. The Hall–Kier alpha value is -0.180. The lowest BCUT2D eigenvalue weighted by Crippen LogP contribution is -2.43. The smallest absolute Gasteiger partial charge is 0.118 e. The van der Waals surface area contributed by atoms with Crippen LogP contribution >= 0.6 is 0 Å². The molecule has 0 aromatic carbocycles. The highest BCUT2D eigenvalue weighted by atomic mass is 19.1. The molecule has 0 bridgehead atoms. The minimum Gasteiger partial charge on any atom is -0.323 e. The molecule has 1 fully saturated rings. The van der Waals surface area contributed by atoms with E-state index in [1.165, 1.54) is 0 Å². The van der Waals surface area contributed by atoms with Crippen molar-refractivity contribution >= 4 is 0 Å². The lowest BCUT2D eigenvalue weighted by Gasteiger charge is -2.25. The van der Waals surface area contributed by atoms with Crippen molar-refractivity contribution in [2.24, 2.45) is 5.73 Å². The molecule has 1 aliphatic carbocycles. The van der Waals surface area contributed by atoms with Crippen molar-refractivity contribution in [2.45, 2.75) is 37.6 Å². The van der Waals surface area contributed by atoms with Gasteiger partial charge < -0.3 is 5.73 Å². The molecule has 0 heterocycles. The van der Waals surface area contributed by atoms with Crippen molar-refractivity contribution < 1.29 is 8.78 Å². The molecular formula is C6H11F2N. The minimum atomic E-state index is -1.12. The van der Waals surface area contributed by atoms with Gasteiger partial charge in [-0.25, -0.2) is 8.78 Å². The van der Waals surface area contributed by atoms with Crippen molar-refractivity contribution in [3.63, 3.8) is 0 Å². The molecule has 1 aliphatic rings. The van der Waals surface area contributed by atoms with E-state index in [0.717, 1.165) is 0 Å². The summed E-state index contributed by atoms with van der Waals surface area (Å²) < 4.78 is 24.9. The van der Waals surface area contributed by atoms with E-state index in [1.807, 2.05) is 0 Å². The van der Waals surface area contributed by atoms with Crippen LogP contribution in [-0.4, -0.2) is 18.4 Å². The van der Waals surface area contributed by atoms with Gasteiger partial charge in [-0.3, -0.25) is 0 Å². The molecule has 3 heteroatoms. The van der Waals surface area contributed by atoms with Gasteiger partial charge in [0.15, 0.2) is 0 Å². The predicted molar refractivity (Wildman–Crippen MR) is 31.6 cm³/mol. The van der Waals surface area contributed by atoms with Gasteiger partial charge in [-0.1, -0.05) is 0 Å². The monoisotopic (exact) mass is 135 g/mol. The Morgan fingerprint density at radius 1 is 1.11 bits per heavy atom. The molecule has 1 saturated carbocycles. The Morgan fingerprint density at radius 3 is 1.89 bits per heavy atom. The molecule has 1 unspecified atom stereocenters. The highest BCUT2D eigenvalue weighted by Crippen LogP contribution is 2.22. The van der Waals surface area contributed by atoms with E-state index in [1.54, 1.807) is 0 Å². The molecule has 54 valence electrons. The lowest BCUT2D eigenvalue weighted by atomic mass is 9.93. The third-order valence-electron chi connectivity index (χ3n) is 1.80. The van der Waals surface area contributed by atoms with Gasteiger partial charge in [-0.2, -0.15) is 0 Å². The van der Waals surface area contributed by atoms with E-state index < -0.39 is 18.4 Å². The lowest BCUT2D eigenvalue weighted by molar-refractivity contribution is 0.127. The van der Waals surface area contributed by atoms with Crippen molar-refractivity contribution in [3.05, 3.63) is 0 Å². The van der Waals surface area contributed by atoms with Crippen LogP contribution in [0.2, 0.25) is 0 Å². The van der Waals surface area contributed by atoms with Crippen LogP contribution in [0.1, 0.15) is 19.3 Å². The van der Waals surface area contributed by atoms with Crippen molar-refractivity contribution in [1.82, 2.24) is 0 Å². The zero-order valence-electron chi connectivity index (χ0n) is 5.19. The second-order valence-electron chi connectivity index (χ2n) is 2.54. The molecule has 0 aromatic heterocycles. The first-order chi connectivity index (χ1) is 4.22. The third-order valence-corrected chi connectivity index (χ3v) is 1.80. The highest BCUT2D eigenvalue weighted by molar-refractivity contribution is 4.84. The summed E-state index contributed by atoms with van der Waals surface area (Å²) in [5, 5.41) is 0. The SMILES string of the molecule is NC1[C@H](F)CCC[C@@H]1F. The van der Waals surface area contributed by atoms with Crippen LogP contribution < -0.4 is 5.73 Å². The molecule has 1 rings (SSSR count). The van der Waals surface area contributed by atoms with Gasteiger partial charge >= 0.3 is 0 Å². The topological polar surface area (TPSA) is 26.0 Å². The molecular weight excluding hydrogens is 124 g/mol. The number of halogens is 2. The van der Waals surface area contributed by atoms with Crippen LogP contribution in [0.25, 0.3) is 0 Å². The van der Waals surface area contributed by atoms with E-state index in [-0.39, 0.29) is 0 Å². The standard InChI is InChI=1S/C6H11F2N/c7-4-2-1-3-5(8)6(4)9/h4-6H,1-3,9H2/t4-,5+,6?. The average molecular weight is 135 g/mol. The maximum absolute atomic E-state index is 12.5. The fourth-order valence-corrected chi connectivity index (χ4v) is 1.12. The van der Waals surface area contributed by atoms with Gasteiger partial charge in [0.1, 0.15) is 12.3 Å². The first-order valence-corrected chi connectivity index (χ1v) is 3.25. The van der Waals surface area contributed by atoms with Crippen LogP contribution in [0.5, 0.6) is 0 Å². The van der Waals surface area contributed by atoms with Crippen molar-refractivity contribution in [1.29, 1.82) is 0 Å². The second-order valence-corrected chi connectivity index (χ2v) is 2.54. The Morgan fingerprint density at radius 2 is 1.56 bits per heavy atom. The molecule has 1 nitrogen and oxygen atoms in total. The van der Waals surface area contributed by atoms with Crippen LogP contribution in [0.3, 0.4) is 0 Å². The summed E-state index contributed by atoms with van der Waals surface area (Å²) >= 11 is 0. The molecule has 0 radical (unpaired) electrons. The highest BCUT2D eigenvalue weighted by Gasteiger charge is 2.29. The fraction of sp³-hybridized carbons (Fsp3) is 1.00. The summed E-state index contributed by atoms with van der Waals surface area (Å²) in [6, 6.07) is -0.862. The van der Waals surface area contributed by atoms with E-state index in [4.69, 9.17) is 5.73 Å². The van der Waals surface area contributed by atoms with E-state index >= 15 is 0 Å². The number of alkyl halides is 2. The molecule has 2 N–H and O–H groups in total. The van der Waals surface area contributed by atoms with E-state index in [2.05, 4.69) is 0 Å². The van der Waals surface area contributed by atoms with Gasteiger partial charge in [-0.05, 0) is 19.3 Å². The zero-order valence-corrected chi connectivity index (χ0v) is 5.19. The molecule has 3 atom stereocenters. The Balaban J connectivity index is 2.41. The Labute approximate surface area is 53.2 Å². The number of hydrogen-bond donors (Lipinski definition) is 1. The van der Waals surface area contributed by atoms with Crippen molar-refractivity contribution in [2.75, 3.05) is 0 Å². The first-order valence-electron chi connectivity index (χ1n) is 3.25. The van der Waals surface area contributed by atoms with Crippen molar-refractivity contribution in [3.8, 4) is 0 Å². The molecule has 0 saturated heterocycles. The minimum absolute atomic E-state index is 0.432. The first kappa shape index (κ1) is 6.93.